The first kappa shape index (κ1) is 16.5. The van der Waals surface area contributed by atoms with Gasteiger partial charge in [0, 0.05) is 43.3 Å². The minimum Gasteiger partial charge on any atom is -0.379 e. The van der Waals surface area contributed by atoms with E-state index in [1.54, 1.807) is 0 Å². The van der Waals surface area contributed by atoms with Gasteiger partial charge in [-0.1, -0.05) is 6.92 Å². The van der Waals surface area contributed by atoms with E-state index in [4.69, 9.17) is 10.5 Å². The summed E-state index contributed by atoms with van der Waals surface area (Å²) in [6.07, 6.45) is 1.92. The summed E-state index contributed by atoms with van der Waals surface area (Å²) in [5, 5.41) is 4.53. The fourth-order valence-electron chi connectivity index (χ4n) is 3.28. The van der Waals surface area contributed by atoms with Gasteiger partial charge >= 0.3 is 0 Å². The van der Waals surface area contributed by atoms with Crippen molar-refractivity contribution in [1.82, 2.24) is 14.7 Å². The molecule has 1 aromatic heterocycles. The van der Waals surface area contributed by atoms with Crippen molar-refractivity contribution >= 4 is 0 Å². The van der Waals surface area contributed by atoms with E-state index in [0.29, 0.717) is 0 Å². The van der Waals surface area contributed by atoms with Crippen molar-refractivity contribution in [2.24, 2.45) is 5.73 Å². The maximum atomic E-state index is 6.63. The fraction of sp³-hybridized carbons (Fsp3) is 0.812. The normalized spacial score (nSPS) is 21.2. The average Bonchev–Trinajstić information content (AvgIpc) is 2.86. The number of hydrogen-bond acceptors (Lipinski definition) is 4. The predicted molar refractivity (Wildman–Crippen MR) is 85.4 cm³/mol. The Morgan fingerprint density at radius 3 is 2.62 bits per heavy atom. The van der Waals surface area contributed by atoms with Crippen molar-refractivity contribution in [2.75, 3.05) is 26.3 Å². The van der Waals surface area contributed by atoms with E-state index in [2.05, 4.69) is 41.5 Å². The summed E-state index contributed by atoms with van der Waals surface area (Å²) in [6, 6.07) is 2.26. The monoisotopic (exact) mass is 294 g/mol. The third-order valence-corrected chi connectivity index (χ3v) is 4.96. The molecule has 0 aliphatic carbocycles. The molecule has 1 fully saturated rings. The Morgan fingerprint density at radius 1 is 1.38 bits per heavy atom. The van der Waals surface area contributed by atoms with Crippen molar-refractivity contribution in [1.29, 1.82) is 0 Å². The second-order valence-electron chi connectivity index (χ2n) is 6.21. The molecule has 0 amide bonds. The molecule has 5 heteroatoms. The fourth-order valence-corrected chi connectivity index (χ4v) is 3.28. The number of nitrogens with zero attached hydrogens (tertiary/aromatic N) is 3. The van der Waals surface area contributed by atoms with Gasteiger partial charge in [-0.2, -0.15) is 5.10 Å². The summed E-state index contributed by atoms with van der Waals surface area (Å²) in [5.74, 6) is 0. The number of ether oxygens (including phenoxy) is 1. The van der Waals surface area contributed by atoms with Crippen molar-refractivity contribution in [2.45, 2.75) is 58.7 Å². The van der Waals surface area contributed by atoms with Gasteiger partial charge in [0.2, 0.25) is 0 Å². The van der Waals surface area contributed by atoms with Gasteiger partial charge in [-0.25, -0.2) is 0 Å². The summed E-state index contributed by atoms with van der Waals surface area (Å²) in [4.78, 5) is 2.50. The third-order valence-electron chi connectivity index (χ3n) is 4.96. The Kier molecular flexibility index (Phi) is 5.41. The Bertz CT molecular complexity index is 453. The van der Waals surface area contributed by atoms with Crippen molar-refractivity contribution in [3.05, 3.63) is 17.5 Å². The lowest BCUT2D eigenvalue weighted by molar-refractivity contribution is -0.0274. The Hall–Kier alpha value is -0.910. The zero-order chi connectivity index (χ0) is 15.5. The summed E-state index contributed by atoms with van der Waals surface area (Å²) >= 11 is 0. The quantitative estimate of drug-likeness (QED) is 0.865. The molecule has 5 nitrogen and oxygen atoms in total. The molecule has 120 valence electrons. The van der Waals surface area contributed by atoms with E-state index in [0.717, 1.165) is 51.4 Å². The van der Waals surface area contributed by atoms with Crippen LogP contribution in [0.4, 0.5) is 0 Å². The molecule has 0 radical (unpaired) electrons. The highest BCUT2D eigenvalue weighted by atomic mass is 16.5. The molecule has 21 heavy (non-hydrogen) atoms. The van der Waals surface area contributed by atoms with Crippen molar-refractivity contribution in [3.63, 3.8) is 0 Å². The molecule has 2 atom stereocenters. The maximum absolute atomic E-state index is 6.63. The lowest BCUT2D eigenvalue weighted by atomic mass is 9.84. The first-order valence-corrected chi connectivity index (χ1v) is 8.13. The van der Waals surface area contributed by atoms with Crippen LogP contribution in [0.2, 0.25) is 0 Å². The third kappa shape index (κ3) is 3.47. The summed E-state index contributed by atoms with van der Waals surface area (Å²) in [5.41, 5.74) is 8.97. The molecule has 2 rings (SSSR count). The molecule has 0 saturated carbocycles. The minimum absolute atomic E-state index is 0.0144. The Labute approximate surface area is 128 Å². The van der Waals surface area contributed by atoms with Crippen LogP contribution in [0.5, 0.6) is 0 Å². The van der Waals surface area contributed by atoms with Crippen LogP contribution in [0.15, 0.2) is 6.07 Å². The molecular weight excluding hydrogens is 264 g/mol. The standard InChI is InChI=1S/C16H30N4O/c1-5-16(4,19-7-9-21-10-8-19)15(17)12-14-11-13(3)18-20(14)6-2/h11,15H,5-10,12,17H2,1-4H3. The molecule has 0 bridgehead atoms. The van der Waals surface area contributed by atoms with E-state index in [1.807, 2.05) is 6.92 Å². The van der Waals surface area contributed by atoms with Gasteiger partial charge in [-0.05, 0) is 33.3 Å². The lowest BCUT2D eigenvalue weighted by Gasteiger charge is -2.46. The van der Waals surface area contributed by atoms with Crippen LogP contribution in [-0.2, 0) is 17.7 Å². The average molecular weight is 294 g/mol. The zero-order valence-corrected chi connectivity index (χ0v) is 13.9. The van der Waals surface area contributed by atoms with Gasteiger partial charge in [0.25, 0.3) is 0 Å². The van der Waals surface area contributed by atoms with Gasteiger partial charge in [0.15, 0.2) is 0 Å². The number of aromatic nitrogens is 2. The second-order valence-corrected chi connectivity index (χ2v) is 6.21. The highest BCUT2D eigenvalue weighted by Gasteiger charge is 2.37. The largest absolute Gasteiger partial charge is 0.379 e. The molecular formula is C16H30N4O. The topological polar surface area (TPSA) is 56.3 Å². The zero-order valence-electron chi connectivity index (χ0n) is 13.9. The summed E-state index contributed by atoms with van der Waals surface area (Å²) < 4.78 is 7.55. The molecule has 2 N–H and O–H groups in total. The molecule has 1 saturated heterocycles. The van der Waals surface area contributed by atoms with Crippen LogP contribution in [0.1, 0.15) is 38.6 Å². The maximum Gasteiger partial charge on any atom is 0.0596 e. The Morgan fingerprint density at radius 2 is 2.05 bits per heavy atom. The van der Waals surface area contributed by atoms with Gasteiger partial charge < -0.3 is 10.5 Å². The molecule has 2 heterocycles. The van der Waals surface area contributed by atoms with E-state index >= 15 is 0 Å². The molecule has 1 aromatic rings. The van der Waals surface area contributed by atoms with Crippen LogP contribution in [0.25, 0.3) is 0 Å². The number of morpholine rings is 1. The van der Waals surface area contributed by atoms with Crippen molar-refractivity contribution in [3.8, 4) is 0 Å². The summed E-state index contributed by atoms with van der Waals surface area (Å²) in [7, 11) is 0. The van der Waals surface area contributed by atoms with E-state index < -0.39 is 0 Å². The van der Waals surface area contributed by atoms with Gasteiger partial charge in [0.05, 0.1) is 18.9 Å². The van der Waals surface area contributed by atoms with Crippen LogP contribution >= 0.6 is 0 Å². The SMILES string of the molecule is CCn1nc(C)cc1CC(N)C(C)(CC)N1CCOCC1. The first-order chi connectivity index (χ1) is 10.0. The van der Waals surface area contributed by atoms with E-state index in [-0.39, 0.29) is 11.6 Å². The molecule has 0 spiro atoms. The molecule has 1 aliphatic heterocycles. The second kappa shape index (κ2) is 6.90. The number of nitrogens with two attached hydrogens (primary N) is 1. The summed E-state index contributed by atoms with van der Waals surface area (Å²) in [6.45, 7) is 13.2. The van der Waals surface area contributed by atoms with Gasteiger partial charge in [0.1, 0.15) is 0 Å². The first-order valence-electron chi connectivity index (χ1n) is 8.13. The van der Waals surface area contributed by atoms with E-state index in [9.17, 15) is 0 Å². The molecule has 1 aliphatic rings. The highest BCUT2D eigenvalue weighted by molar-refractivity contribution is 5.12. The molecule has 0 aromatic carbocycles. The number of hydrogen-bond donors (Lipinski definition) is 1. The Balaban J connectivity index is 2.13. The number of rotatable bonds is 6. The predicted octanol–water partition coefficient (Wildman–Crippen LogP) is 1.58. The minimum atomic E-state index is 0.0144. The smallest absolute Gasteiger partial charge is 0.0596 e. The lowest BCUT2D eigenvalue weighted by Crippen LogP contribution is -2.61. The van der Waals surface area contributed by atoms with Gasteiger partial charge in [-0.15, -0.1) is 0 Å². The van der Waals surface area contributed by atoms with Crippen LogP contribution in [0, 0.1) is 6.92 Å². The van der Waals surface area contributed by atoms with Crippen molar-refractivity contribution < 1.29 is 4.74 Å². The molecule has 2 unspecified atom stereocenters. The van der Waals surface area contributed by atoms with Crippen LogP contribution in [-0.4, -0.2) is 52.6 Å². The highest BCUT2D eigenvalue weighted by Crippen LogP contribution is 2.26. The van der Waals surface area contributed by atoms with Crippen LogP contribution < -0.4 is 5.73 Å². The van der Waals surface area contributed by atoms with E-state index in [1.165, 1.54) is 5.69 Å². The van der Waals surface area contributed by atoms with Gasteiger partial charge in [-0.3, -0.25) is 9.58 Å². The van der Waals surface area contributed by atoms with Crippen LogP contribution in [0.3, 0.4) is 0 Å². The number of aryl methyl sites for hydroxylation is 2.